The maximum atomic E-state index is 11.5. The molecule has 1 aliphatic rings. The Hall–Kier alpha value is -1.78. The Morgan fingerprint density at radius 1 is 1.53 bits per heavy atom. The number of ketones is 1. The molecule has 1 unspecified atom stereocenters. The smallest absolute Gasteiger partial charge is 0.443 e. The van der Waals surface area contributed by atoms with Gasteiger partial charge in [-0.25, -0.2) is 4.79 Å². The molecule has 92 valence electrons. The van der Waals surface area contributed by atoms with Crippen LogP contribution in [0, 0.1) is 0 Å². The zero-order valence-electron chi connectivity index (χ0n) is 9.59. The number of ether oxygens (including phenoxy) is 2. The molecular weight excluding hydrogens is 224 g/mol. The number of carbonyl (C=O) groups is 2. The summed E-state index contributed by atoms with van der Waals surface area (Å²) in [5.41, 5.74) is 7.89. The molecule has 6 heteroatoms. The summed E-state index contributed by atoms with van der Waals surface area (Å²) in [5, 5.41) is 0. The summed E-state index contributed by atoms with van der Waals surface area (Å²) >= 11 is 0. The molecule has 1 rings (SSSR count). The Morgan fingerprint density at radius 3 is 2.82 bits per heavy atom. The van der Waals surface area contributed by atoms with Crippen molar-refractivity contribution in [1.29, 1.82) is 0 Å². The second-order valence-electron chi connectivity index (χ2n) is 3.57. The van der Waals surface area contributed by atoms with Crippen LogP contribution in [0.25, 0.3) is 5.53 Å². The fourth-order valence-electron chi connectivity index (χ4n) is 1.48. The number of Topliss-reactive ketones (excluding diaryl/α,β-unsaturated/α-hetero) is 1. The number of hydrogen-bond acceptors (Lipinski definition) is 4. The number of hydrogen-bond donors (Lipinski definition) is 0. The van der Waals surface area contributed by atoms with E-state index in [4.69, 9.17) is 10.3 Å². The van der Waals surface area contributed by atoms with Crippen LogP contribution in [0.2, 0.25) is 0 Å². The van der Waals surface area contributed by atoms with Crippen LogP contribution in [0.4, 0.5) is 0 Å². The minimum Gasteiger partial charge on any atom is -0.460 e. The minimum atomic E-state index is -0.972. The zero-order chi connectivity index (χ0) is 12.7. The molecule has 0 saturated carbocycles. The highest BCUT2D eigenvalue weighted by Gasteiger charge is 2.30. The first kappa shape index (κ1) is 13.3. The van der Waals surface area contributed by atoms with Gasteiger partial charge in [0.1, 0.15) is 6.61 Å². The van der Waals surface area contributed by atoms with Crippen molar-refractivity contribution in [1.82, 2.24) is 0 Å². The van der Waals surface area contributed by atoms with E-state index in [1.807, 2.05) is 12.2 Å². The molecule has 0 fully saturated rings. The van der Waals surface area contributed by atoms with E-state index in [2.05, 4.69) is 9.53 Å². The van der Waals surface area contributed by atoms with Gasteiger partial charge in [0.2, 0.25) is 0 Å². The molecule has 0 saturated heterocycles. The lowest BCUT2D eigenvalue weighted by atomic mass is 10.1. The normalized spacial score (nSPS) is 18.3. The van der Waals surface area contributed by atoms with E-state index >= 15 is 0 Å². The van der Waals surface area contributed by atoms with Gasteiger partial charge < -0.3 is 15.0 Å². The van der Waals surface area contributed by atoms with Crippen LogP contribution in [0.3, 0.4) is 0 Å². The molecule has 0 bridgehead atoms. The second kappa shape index (κ2) is 6.73. The lowest BCUT2D eigenvalue weighted by molar-refractivity contribution is -0.140. The molecule has 6 nitrogen and oxygen atoms in total. The molecule has 0 amide bonds. The molecule has 0 aliphatic heterocycles. The summed E-state index contributed by atoms with van der Waals surface area (Å²) in [4.78, 5) is 25.1. The molecular formula is C11H14N2O4. The number of esters is 1. The van der Waals surface area contributed by atoms with Gasteiger partial charge in [0.25, 0.3) is 5.78 Å². The fraction of sp³-hybridized carbons (Fsp3) is 0.545. The summed E-state index contributed by atoms with van der Waals surface area (Å²) in [6.07, 6.45) is 6.61. The fourth-order valence-corrected chi connectivity index (χ4v) is 1.48. The van der Waals surface area contributed by atoms with E-state index in [1.54, 1.807) is 0 Å². The van der Waals surface area contributed by atoms with E-state index in [0.717, 1.165) is 26.4 Å². The van der Waals surface area contributed by atoms with Crippen LogP contribution in [0.1, 0.15) is 19.3 Å². The highest BCUT2D eigenvalue weighted by Crippen LogP contribution is 2.13. The lowest BCUT2D eigenvalue weighted by Gasteiger charge is -2.15. The first-order chi connectivity index (χ1) is 8.19. The van der Waals surface area contributed by atoms with Gasteiger partial charge in [0, 0.05) is 0 Å². The van der Waals surface area contributed by atoms with E-state index in [0.29, 0.717) is 0 Å². The Balaban J connectivity index is 2.48. The Labute approximate surface area is 98.8 Å². The zero-order valence-corrected chi connectivity index (χ0v) is 9.59. The SMILES string of the molecule is COC(=O)C(=[N+]=[N-])C(=O)COC1C=CCCC1. The molecule has 1 atom stereocenters. The summed E-state index contributed by atoms with van der Waals surface area (Å²) in [5.74, 6) is -1.67. The molecule has 0 aromatic carbocycles. The number of allylic oxidation sites excluding steroid dienone is 1. The van der Waals surface area contributed by atoms with Crippen molar-refractivity contribution in [3.63, 3.8) is 0 Å². The van der Waals surface area contributed by atoms with Crippen LogP contribution < -0.4 is 0 Å². The third-order valence-corrected chi connectivity index (χ3v) is 2.38. The van der Waals surface area contributed by atoms with Crippen LogP contribution in [0.15, 0.2) is 12.2 Å². The summed E-state index contributed by atoms with van der Waals surface area (Å²) in [6, 6.07) is 0. The van der Waals surface area contributed by atoms with E-state index in [-0.39, 0.29) is 12.7 Å². The number of carbonyl (C=O) groups excluding carboxylic acids is 2. The van der Waals surface area contributed by atoms with Crippen LogP contribution in [0.5, 0.6) is 0 Å². The average Bonchev–Trinajstić information content (AvgIpc) is 2.38. The van der Waals surface area contributed by atoms with Gasteiger partial charge in [-0.2, -0.15) is 4.79 Å². The van der Waals surface area contributed by atoms with Gasteiger partial charge in [0.15, 0.2) is 0 Å². The van der Waals surface area contributed by atoms with Crippen molar-refractivity contribution in [2.75, 3.05) is 13.7 Å². The topological polar surface area (TPSA) is 89.0 Å². The molecule has 17 heavy (non-hydrogen) atoms. The van der Waals surface area contributed by atoms with Crippen molar-refractivity contribution >= 4 is 17.5 Å². The quantitative estimate of drug-likeness (QED) is 0.174. The highest BCUT2D eigenvalue weighted by molar-refractivity contribution is 6.62. The van der Waals surface area contributed by atoms with Crippen molar-refractivity contribution in [2.24, 2.45) is 0 Å². The lowest BCUT2D eigenvalue weighted by Crippen LogP contribution is -2.31. The van der Waals surface area contributed by atoms with Gasteiger partial charge in [-0.1, -0.05) is 12.2 Å². The number of nitrogens with zero attached hydrogens (tertiary/aromatic N) is 2. The summed E-state index contributed by atoms with van der Waals surface area (Å²) in [7, 11) is 1.10. The van der Waals surface area contributed by atoms with Gasteiger partial charge >= 0.3 is 11.7 Å². The standard InChI is InChI=1S/C11H14N2O4/c1-16-11(15)10(13-12)9(14)7-17-8-5-3-2-4-6-8/h3,5,8H,2,4,6-7H2,1H3. The Kier molecular flexibility index (Phi) is 5.26. The van der Waals surface area contributed by atoms with Gasteiger partial charge in [-0.15, -0.1) is 0 Å². The molecule has 0 spiro atoms. The van der Waals surface area contributed by atoms with Gasteiger partial charge in [-0.3, -0.25) is 4.79 Å². The molecule has 0 aromatic heterocycles. The maximum Gasteiger partial charge on any atom is 0.443 e. The average molecular weight is 238 g/mol. The van der Waals surface area contributed by atoms with Crippen molar-refractivity contribution in [3.8, 4) is 0 Å². The van der Waals surface area contributed by atoms with E-state index in [9.17, 15) is 9.59 Å². The van der Waals surface area contributed by atoms with Crippen molar-refractivity contribution in [3.05, 3.63) is 17.7 Å². The monoisotopic (exact) mass is 238 g/mol. The Bertz CT molecular complexity index is 383. The Morgan fingerprint density at radius 2 is 2.29 bits per heavy atom. The minimum absolute atomic E-state index is 0.120. The molecule has 0 heterocycles. The predicted octanol–water partition coefficient (Wildman–Crippen LogP) is 0.525. The largest absolute Gasteiger partial charge is 0.460 e. The maximum absolute atomic E-state index is 11.5. The molecule has 0 N–H and O–H groups in total. The van der Waals surface area contributed by atoms with E-state index < -0.39 is 17.5 Å². The first-order valence-electron chi connectivity index (χ1n) is 5.31. The van der Waals surface area contributed by atoms with Gasteiger partial charge in [0.05, 0.1) is 13.2 Å². The van der Waals surface area contributed by atoms with Crippen LogP contribution >= 0.6 is 0 Å². The first-order valence-corrected chi connectivity index (χ1v) is 5.31. The predicted molar refractivity (Wildman–Crippen MR) is 58.4 cm³/mol. The number of methoxy groups -OCH3 is 1. The van der Waals surface area contributed by atoms with Crippen molar-refractivity contribution < 1.29 is 23.9 Å². The third-order valence-electron chi connectivity index (χ3n) is 2.38. The van der Waals surface area contributed by atoms with Crippen molar-refractivity contribution in [2.45, 2.75) is 25.4 Å². The molecule has 0 radical (unpaired) electrons. The second-order valence-corrected chi connectivity index (χ2v) is 3.57. The van der Waals surface area contributed by atoms with Crippen LogP contribution in [-0.4, -0.2) is 42.1 Å². The highest BCUT2D eigenvalue weighted by atomic mass is 16.5. The van der Waals surface area contributed by atoms with Crippen LogP contribution in [-0.2, 0) is 19.1 Å². The summed E-state index contributed by atoms with van der Waals surface area (Å²) in [6.45, 7) is -0.302. The molecule has 0 aromatic rings. The van der Waals surface area contributed by atoms with Gasteiger partial charge in [-0.05, 0) is 19.3 Å². The van der Waals surface area contributed by atoms with E-state index in [1.165, 1.54) is 0 Å². The number of rotatable bonds is 5. The third kappa shape index (κ3) is 3.94. The summed E-state index contributed by atoms with van der Waals surface area (Å²) < 4.78 is 9.58. The molecule has 1 aliphatic carbocycles.